The predicted molar refractivity (Wildman–Crippen MR) is 122 cm³/mol. The first-order valence-corrected chi connectivity index (χ1v) is 10.9. The lowest BCUT2D eigenvalue weighted by Crippen LogP contribution is -2.58. The molecule has 0 spiro atoms. The first-order valence-electron chi connectivity index (χ1n) is 10.2. The van der Waals surface area contributed by atoms with E-state index in [0.717, 1.165) is 5.56 Å². The van der Waals surface area contributed by atoms with Crippen LogP contribution in [-0.2, 0) is 25.6 Å². The summed E-state index contributed by atoms with van der Waals surface area (Å²) < 4.78 is 0. The van der Waals surface area contributed by atoms with Crippen LogP contribution in [0.1, 0.15) is 25.8 Å². The number of thiol groups is 1. The summed E-state index contributed by atoms with van der Waals surface area (Å²) in [5, 5.41) is 25.9. The SMILES string of the molecule is CC(C)CC(NC(=O)C(CO)NC(=O)C(CS)NC(=O)C(N)Cc1ccccc1)C(=O)O. The summed E-state index contributed by atoms with van der Waals surface area (Å²) in [4.78, 5) is 48.6. The smallest absolute Gasteiger partial charge is 0.326 e. The first-order chi connectivity index (χ1) is 15.1. The van der Waals surface area contributed by atoms with Gasteiger partial charge in [0.15, 0.2) is 0 Å². The van der Waals surface area contributed by atoms with Gasteiger partial charge in [-0.05, 0) is 24.3 Å². The number of amides is 3. The third-order valence-corrected chi connectivity index (χ3v) is 4.95. The largest absolute Gasteiger partial charge is 0.480 e. The lowest BCUT2D eigenvalue weighted by Gasteiger charge is -2.24. The maximum absolute atomic E-state index is 12.5. The van der Waals surface area contributed by atoms with E-state index in [0.29, 0.717) is 0 Å². The normalized spacial score (nSPS) is 14.7. The molecule has 3 amide bonds. The molecule has 0 aliphatic heterocycles. The molecule has 32 heavy (non-hydrogen) atoms. The van der Waals surface area contributed by atoms with Gasteiger partial charge >= 0.3 is 5.97 Å². The molecule has 10 nitrogen and oxygen atoms in total. The summed E-state index contributed by atoms with van der Waals surface area (Å²) in [6.45, 7) is 2.85. The van der Waals surface area contributed by atoms with E-state index in [9.17, 15) is 29.4 Å². The van der Waals surface area contributed by atoms with Gasteiger partial charge in [-0.3, -0.25) is 14.4 Å². The van der Waals surface area contributed by atoms with E-state index in [1.165, 1.54) is 0 Å². The third-order valence-electron chi connectivity index (χ3n) is 4.59. The highest BCUT2D eigenvalue weighted by atomic mass is 32.1. The maximum atomic E-state index is 12.5. The molecule has 7 N–H and O–H groups in total. The molecule has 0 aliphatic rings. The van der Waals surface area contributed by atoms with Gasteiger partial charge in [-0.15, -0.1) is 0 Å². The van der Waals surface area contributed by atoms with E-state index < -0.39 is 54.5 Å². The van der Waals surface area contributed by atoms with E-state index in [2.05, 4.69) is 28.6 Å². The van der Waals surface area contributed by atoms with Gasteiger partial charge in [0.1, 0.15) is 18.1 Å². The van der Waals surface area contributed by atoms with Gasteiger partial charge in [-0.1, -0.05) is 44.2 Å². The second kappa shape index (κ2) is 13.7. The molecule has 0 aliphatic carbocycles. The number of aliphatic hydroxyl groups is 1. The topological polar surface area (TPSA) is 171 Å². The highest BCUT2D eigenvalue weighted by molar-refractivity contribution is 7.80. The van der Waals surface area contributed by atoms with Crippen LogP contribution in [0.4, 0.5) is 0 Å². The number of nitrogens with two attached hydrogens (primary N) is 1. The van der Waals surface area contributed by atoms with Gasteiger partial charge in [0.2, 0.25) is 17.7 Å². The van der Waals surface area contributed by atoms with Crippen molar-refractivity contribution in [1.82, 2.24) is 16.0 Å². The first kappa shape index (κ1) is 27.4. The number of carboxylic acid groups (broad SMARTS) is 1. The lowest BCUT2D eigenvalue weighted by molar-refractivity contribution is -0.143. The van der Waals surface area contributed by atoms with Crippen LogP contribution in [0.2, 0.25) is 0 Å². The molecular formula is C21H32N4O6S. The summed E-state index contributed by atoms with van der Waals surface area (Å²) in [5.74, 6) is -3.48. The molecule has 0 fully saturated rings. The van der Waals surface area contributed by atoms with Crippen LogP contribution < -0.4 is 21.7 Å². The second-order valence-corrected chi connectivity index (χ2v) is 8.18. The van der Waals surface area contributed by atoms with Gasteiger partial charge < -0.3 is 31.9 Å². The Bertz CT molecular complexity index is 777. The Morgan fingerprint density at radius 1 is 0.938 bits per heavy atom. The average Bonchev–Trinajstić information content (AvgIpc) is 2.74. The fourth-order valence-electron chi connectivity index (χ4n) is 2.87. The number of rotatable bonds is 13. The van der Waals surface area contributed by atoms with E-state index in [1.54, 1.807) is 13.8 Å². The average molecular weight is 469 g/mol. The van der Waals surface area contributed by atoms with Gasteiger partial charge in [0, 0.05) is 5.75 Å². The van der Waals surface area contributed by atoms with Crippen LogP contribution in [0, 0.1) is 5.92 Å². The van der Waals surface area contributed by atoms with Crippen molar-refractivity contribution in [3.8, 4) is 0 Å². The van der Waals surface area contributed by atoms with Crippen molar-refractivity contribution < 1.29 is 29.4 Å². The van der Waals surface area contributed by atoms with Crippen LogP contribution in [0.3, 0.4) is 0 Å². The molecule has 0 bridgehead atoms. The molecule has 1 aromatic rings. The molecule has 1 rings (SSSR count). The minimum atomic E-state index is -1.39. The Morgan fingerprint density at radius 3 is 1.97 bits per heavy atom. The molecule has 0 saturated carbocycles. The summed E-state index contributed by atoms with van der Waals surface area (Å²) in [6, 6.07) is 4.55. The summed E-state index contributed by atoms with van der Waals surface area (Å²) in [7, 11) is 0. The minimum Gasteiger partial charge on any atom is -0.480 e. The Morgan fingerprint density at radius 2 is 1.47 bits per heavy atom. The summed E-state index contributed by atoms with van der Waals surface area (Å²) in [5.41, 5.74) is 6.78. The van der Waals surface area contributed by atoms with E-state index in [4.69, 9.17) is 5.73 Å². The van der Waals surface area contributed by atoms with Crippen LogP contribution in [0.5, 0.6) is 0 Å². The van der Waals surface area contributed by atoms with Crippen molar-refractivity contribution in [1.29, 1.82) is 0 Å². The predicted octanol–water partition coefficient (Wildman–Crippen LogP) is -0.936. The molecule has 11 heteroatoms. The number of nitrogens with one attached hydrogen (secondary N) is 3. The van der Waals surface area contributed by atoms with E-state index in [1.807, 2.05) is 30.3 Å². The Hall–Kier alpha value is -2.63. The molecule has 0 saturated heterocycles. The van der Waals surface area contributed by atoms with E-state index >= 15 is 0 Å². The molecular weight excluding hydrogens is 436 g/mol. The zero-order valence-electron chi connectivity index (χ0n) is 18.2. The highest BCUT2D eigenvalue weighted by Gasteiger charge is 2.29. The molecule has 0 aromatic heterocycles. The van der Waals surface area contributed by atoms with Crippen molar-refractivity contribution in [2.75, 3.05) is 12.4 Å². The molecule has 4 atom stereocenters. The van der Waals surface area contributed by atoms with Gasteiger partial charge in [-0.25, -0.2) is 4.79 Å². The Kier molecular flexibility index (Phi) is 11.7. The minimum absolute atomic E-state index is 0.00226. The lowest BCUT2D eigenvalue weighted by atomic mass is 10.0. The van der Waals surface area contributed by atoms with Crippen molar-refractivity contribution >= 4 is 36.3 Å². The fraction of sp³-hybridized carbons (Fsp3) is 0.524. The van der Waals surface area contributed by atoms with E-state index in [-0.39, 0.29) is 24.5 Å². The summed E-state index contributed by atoms with van der Waals surface area (Å²) in [6.07, 6.45) is 0.448. The highest BCUT2D eigenvalue weighted by Crippen LogP contribution is 2.06. The standard InChI is InChI=1S/C21H32N4O6S/c1-12(2)8-15(21(30)31)23-19(28)16(10-26)24-20(29)17(11-32)25-18(27)14(22)9-13-6-4-3-5-7-13/h3-7,12,14-17,26,32H,8-11,22H2,1-2H3,(H,23,28)(H,24,29)(H,25,27)(H,30,31). The molecule has 178 valence electrons. The number of hydrogen-bond donors (Lipinski definition) is 7. The zero-order chi connectivity index (χ0) is 24.3. The van der Waals surface area contributed by atoms with Crippen LogP contribution in [0.25, 0.3) is 0 Å². The summed E-state index contributed by atoms with van der Waals surface area (Å²) >= 11 is 4.06. The fourth-order valence-corrected chi connectivity index (χ4v) is 3.12. The molecule has 1 aromatic carbocycles. The number of aliphatic carboxylic acids is 1. The molecule has 4 unspecified atom stereocenters. The van der Waals surface area contributed by atoms with Crippen molar-refractivity contribution in [2.45, 2.75) is 50.9 Å². The number of aliphatic hydroxyl groups excluding tert-OH is 1. The third kappa shape index (κ3) is 9.25. The van der Waals surface area contributed by atoms with Crippen LogP contribution in [-0.4, -0.2) is 70.4 Å². The van der Waals surface area contributed by atoms with Gasteiger partial charge in [0.25, 0.3) is 0 Å². The quantitative estimate of drug-likeness (QED) is 0.183. The monoisotopic (exact) mass is 468 g/mol. The Labute approximate surface area is 192 Å². The van der Waals surface area contributed by atoms with Crippen molar-refractivity contribution in [3.05, 3.63) is 35.9 Å². The molecule has 0 heterocycles. The van der Waals surface area contributed by atoms with Crippen LogP contribution in [0.15, 0.2) is 30.3 Å². The number of carboxylic acids is 1. The zero-order valence-corrected chi connectivity index (χ0v) is 19.0. The number of carbonyl (C=O) groups is 4. The van der Waals surface area contributed by atoms with Crippen molar-refractivity contribution in [2.24, 2.45) is 11.7 Å². The number of carbonyl (C=O) groups excluding carboxylic acids is 3. The second-order valence-electron chi connectivity index (χ2n) is 7.81. The maximum Gasteiger partial charge on any atom is 0.326 e. The van der Waals surface area contributed by atoms with Crippen molar-refractivity contribution in [3.63, 3.8) is 0 Å². The number of hydrogen-bond acceptors (Lipinski definition) is 7. The molecule has 0 radical (unpaired) electrons. The van der Waals surface area contributed by atoms with Crippen LogP contribution >= 0.6 is 12.6 Å². The van der Waals surface area contributed by atoms with Gasteiger partial charge in [-0.2, -0.15) is 12.6 Å². The Balaban J connectivity index is 2.70. The number of benzene rings is 1. The van der Waals surface area contributed by atoms with Gasteiger partial charge in [0.05, 0.1) is 12.6 Å².